The normalized spacial score (nSPS) is 20.6. The van der Waals surface area contributed by atoms with Gasteiger partial charge in [-0.3, -0.25) is 14.8 Å². The summed E-state index contributed by atoms with van der Waals surface area (Å²) in [5.41, 5.74) is 4.47. The summed E-state index contributed by atoms with van der Waals surface area (Å²) in [6, 6.07) is 14.0. The number of benzene rings is 1. The lowest BCUT2D eigenvalue weighted by Gasteiger charge is -2.38. The number of hydrogen-bond acceptors (Lipinski definition) is 4. The van der Waals surface area contributed by atoms with Crippen LogP contribution in [0, 0.1) is 5.92 Å². The minimum atomic E-state index is 0.702. The summed E-state index contributed by atoms with van der Waals surface area (Å²) >= 11 is 0. The fourth-order valence-corrected chi connectivity index (χ4v) is 4.94. The highest BCUT2D eigenvalue weighted by atomic mass is 16.5. The fourth-order valence-electron chi connectivity index (χ4n) is 4.94. The van der Waals surface area contributed by atoms with Crippen molar-refractivity contribution >= 4 is 0 Å². The molecule has 1 fully saturated rings. The Labute approximate surface area is 169 Å². The smallest absolute Gasteiger partial charge is 0.0589 e. The van der Waals surface area contributed by atoms with Crippen molar-refractivity contribution in [3.05, 3.63) is 65.5 Å². The number of likely N-dealkylation sites (tertiary alicyclic amines) is 1. The van der Waals surface area contributed by atoms with E-state index in [-0.39, 0.29) is 0 Å². The van der Waals surface area contributed by atoms with Crippen LogP contribution in [0.25, 0.3) is 0 Å². The van der Waals surface area contributed by atoms with Crippen molar-refractivity contribution < 1.29 is 4.74 Å². The van der Waals surface area contributed by atoms with Crippen LogP contribution in [-0.2, 0) is 24.1 Å². The van der Waals surface area contributed by atoms with Crippen LogP contribution in [0.3, 0.4) is 0 Å². The highest BCUT2D eigenvalue weighted by molar-refractivity contribution is 5.33. The molecule has 1 aromatic carbocycles. The van der Waals surface area contributed by atoms with Crippen LogP contribution in [0.5, 0.6) is 0 Å². The Morgan fingerprint density at radius 1 is 1.11 bits per heavy atom. The van der Waals surface area contributed by atoms with Gasteiger partial charge < -0.3 is 4.74 Å². The van der Waals surface area contributed by atoms with Gasteiger partial charge in [-0.1, -0.05) is 24.3 Å². The number of ether oxygens (including phenoxy) is 1. The molecule has 28 heavy (non-hydrogen) atoms. The minimum Gasteiger partial charge on any atom is -0.383 e. The predicted molar refractivity (Wildman–Crippen MR) is 113 cm³/mol. The van der Waals surface area contributed by atoms with Crippen molar-refractivity contribution in [3.63, 3.8) is 0 Å². The van der Waals surface area contributed by atoms with E-state index in [9.17, 15) is 0 Å². The first kappa shape index (κ1) is 19.6. The molecule has 2 heterocycles. The third-order valence-electron chi connectivity index (χ3n) is 6.38. The molecule has 1 unspecified atom stereocenters. The molecule has 1 aliphatic carbocycles. The first-order chi connectivity index (χ1) is 13.8. The molecule has 4 heteroatoms. The molecule has 0 radical (unpaired) electrons. The number of rotatable bonds is 8. The molecular formula is C24H33N3O. The van der Waals surface area contributed by atoms with Gasteiger partial charge in [0.25, 0.3) is 0 Å². The largest absolute Gasteiger partial charge is 0.383 e. The van der Waals surface area contributed by atoms with Gasteiger partial charge >= 0.3 is 0 Å². The van der Waals surface area contributed by atoms with Crippen molar-refractivity contribution in [1.82, 2.24) is 14.8 Å². The van der Waals surface area contributed by atoms with Gasteiger partial charge in [0.2, 0.25) is 0 Å². The second-order valence-electron chi connectivity index (χ2n) is 8.42. The molecule has 4 rings (SSSR count). The number of hydrogen-bond donors (Lipinski definition) is 0. The highest BCUT2D eigenvalue weighted by Gasteiger charge is 2.30. The molecule has 4 nitrogen and oxygen atoms in total. The van der Waals surface area contributed by atoms with Crippen LogP contribution >= 0.6 is 0 Å². The van der Waals surface area contributed by atoms with Gasteiger partial charge in [0.15, 0.2) is 0 Å². The van der Waals surface area contributed by atoms with Crippen LogP contribution in [0.2, 0.25) is 0 Å². The van der Waals surface area contributed by atoms with Crippen LogP contribution in [0.1, 0.15) is 29.5 Å². The topological polar surface area (TPSA) is 28.6 Å². The Kier molecular flexibility index (Phi) is 6.73. The third-order valence-corrected chi connectivity index (χ3v) is 6.38. The molecule has 0 N–H and O–H groups in total. The highest BCUT2D eigenvalue weighted by Crippen LogP contribution is 2.29. The molecule has 2 aliphatic rings. The Bertz CT molecular complexity index is 711. The summed E-state index contributed by atoms with van der Waals surface area (Å²) in [5, 5.41) is 0. The maximum Gasteiger partial charge on any atom is 0.0589 e. The lowest BCUT2D eigenvalue weighted by Crippen LogP contribution is -2.46. The summed E-state index contributed by atoms with van der Waals surface area (Å²) in [6.45, 7) is 6.42. The summed E-state index contributed by atoms with van der Waals surface area (Å²) in [6.07, 6.45) is 8.91. The first-order valence-electron chi connectivity index (χ1n) is 10.7. The van der Waals surface area contributed by atoms with E-state index in [4.69, 9.17) is 4.74 Å². The van der Waals surface area contributed by atoms with Gasteiger partial charge in [0.1, 0.15) is 0 Å². The molecule has 1 atom stereocenters. The average molecular weight is 380 g/mol. The quantitative estimate of drug-likeness (QED) is 0.703. The van der Waals surface area contributed by atoms with Crippen molar-refractivity contribution in [2.24, 2.45) is 5.92 Å². The molecule has 1 aromatic heterocycles. The molecule has 1 saturated heterocycles. The summed E-state index contributed by atoms with van der Waals surface area (Å²) < 4.78 is 5.37. The van der Waals surface area contributed by atoms with Crippen molar-refractivity contribution in [1.29, 1.82) is 0 Å². The van der Waals surface area contributed by atoms with E-state index in [0.29, 0.717) is 6.04 Å². The van der Waals surface area contributed by atoms with Crippen LogP contribution in [0.15, 0.2) is 48.8 Å². The van der Waals surface area contributed by atoms with E-state index >= 15 is 0 Å². The summed E-state index contributed by atoms with van der Waals surface area (Å²) in [4.78, 5) is 9.49. The molecule has 0 bridgehead atoms. The molecule has 0 spiro atoms. The van der Waals surface area contributed by atoms with Gasteiger partial charge in [0, 0.05) is 51.7 Å². The second-order valence-corrected chi connectivity index (χ2v) is 8.42. The molecular weight excluding hydrogens is 346 g/mol. The van der Waals surface area contributed by atoms with Gasteiger partial charge in [-0.15, -0.1) is 0 Å². The van der Waals surface area contributed by atoms with Gasteiger partial charge in [0.05, 0.1) is 6.61 Å². The maximum absolute atomic E-state index is 5.37. The zero-order valence-electron chi connectivity index (χ0n) is 17.1. The Morgan fingerprint density at radius 3 is 2.57 bits per heavy atom. The number of methoxy groups -OCH3 is 1. The van der Waals surface area contributed by atoms with E-state index < -0.39 is 0 Å². The average Bonchev–Trinajstić information content (AvgIpc) is 3.17. The predicted octanol–water partition coefficient (Wildman–Crippen LogP) is 3.41. The molecule has 0 amide bonds. The minimum absolute atomic E-state index is 0.702. The van der Waals surface area contributed by atoms with Gasteiger partial charge in [-0.05, 0) is 67.0 Å². The Balaban J connectivity index is 1.35. The van der Waals surface area contributed by atoms with Crippen LogP contribution in [-0.4, -0.2) is 60.7 Å². The number of nitrogens with zero attached hydrogens (tertiary/aromatic N) is 3. The molecule has 2 aromatic rings. The molecule has 150 valence electrons. The van der Waals surface area contributed by atoms with Gasteiger partial charge in [-0.2, -0.15) is 0 Å². The van der Waals surface area contributed by atoms with Crippen molar-refractivity contribution in [3.8, 4) is 0 Å². The van der Waals surface area contributed by atoms with Crippen LogP contribution in [0.4, 0.5) is 0 Å². The first-order valence-corrected chi connectivity index (χ1v) is 10.7. The summed E-state index contributed by atoms with van der Waals surface area (Å²) in [5.74, 6) is 0.746. The monoisotopic (exact) mass is 379 g/mol. The van der Waals surface area contributed by atoms with E-state index in [1.165, 1.54) is 44.3 Å². The van der Waals surface area contributed by atoms with E-state index in [1.807, 2.05) is 12.4 Å². The standard InChI is InChI=1S/C24H33N3O/c1-28-14-13-26(17-20-8-10-25-11-9-20)18-21-5-4-12-27(19-21)24-15-22-6-2-3-7-23(22)16-24/h2-3,6-11,21,24H,4-5,12-19H2,1H3. The maximum atomic E-state index is 5.37. The Hall–Kier alpha value is -1.75. The van der Waals surface area contributed by atoms with Gasteiger partial charge in [-0.25, -0.2) is 0 Å². The SMILES string of the molecule is COCCN(Cc1ccncc1)CC1CCCN(C2Cc3ccccc3C2)C1. The molecule has 1 aliphatic heterocycles. The third kappa shape index (κ3) is 4.99. The second kappa shape index (κ2) is 9.64. The zero-order valence-corrected chi connectivity index (χ0v) is 17.1. The number of aromatic nitrogens is 1. The number of piperidine rings is 1. The van der Waals surface area contributed by atoms with E-state index in [1.54, 1.807) is 18.2 Å². The van der Waals surface area contributed by atoms with Crippen molar-refractivity contribution in [2.45, 2.75) is 38.3 Å². The van der Waals surface area contributed by atoms with E-state index in [0.717, 1.165) is 32.2 Å². The summed E-state index contributed by atoms with van der Waals surface area (Å²) in [7, 11) is 1.80. The number of pyridine rings is 1. The van der Waals surface area contributed by atoms with Crippen LogP contribution < -0.4 is 0 Å². The number of fused-ring (bicyclic) bond motifs is 1. The zero-order chi connectivity index (χ0) is 19.2. The lowest BCUT2D eigenvalue weighted by molar-refractivity contribution is 0.0843. The van der Waals surface area contributed by atoms with Crippen molar-refractivity contribution in [2.75, 3.05) is 39.9 Å². The Morgan fingerprint density at radius 2 is 1.86 bits per heavy atom. The lowest BCUT2D eigenvalue weighted by atomic mass is 9.95. The van der Waals surface area contributed by atoms with E-state index in [2.05, 4.69) is 51.2 Å². The fraction of sp³-hybridized carbons (Fsp3) is 0.542. The molecule has 0 saturated carbocycles.